The highest BCUT2D eigenvalue weighted by Gasteiger charge is 2.34. The fraction of sp³-hybridized carbons (Fsp3) is 0.917. The zero-order chi connectivity index (χ0) is 12.5. The lowest BCUT2D eigenvalue weighted by Gasteiger charge is -2.30. The van der Waals surface area contributed by atoms with Crippen LogP contribution in [0.15, 0.2) is 0 Å². The lowest BCUT2D eigenvalue weighted by Crippen LogP contribution is -2.54. The monoisotopic (exact) mass is 241 g/mol. The van der Waals surface area contributed by atoms with Gasteiger partial charge in [-0.2, -0.15) is 0 Å². The van der Waals surface area contributed by atoms with Gasteiger partial charge in [-0.3, -0.25) is 14.6 Å². The van der Waals surface area contributed by atoms with Crippen molar-refractivity contribution in [2.75, 3.05) is 32.7 Å². The number of nitrogens with zero attached hydrogens (tertiary/aromatic N) is 2. The fourth-order valence-corrected chi connectivity index (χ4v) is 2.96. The molecule has 0 saturated carbocycles. The Labute approximate surface area is 103 Å². The average molecular weight is 241 g/mol. The molecule has 0 aromatic carbocycles. The van der Waals surface area contributed by atoms with E-state index in [-0.39, 0.29) is 0 Å². The molecule has 0 bridgehead atoms. The number of nitrogens with two attached hydrogens (primary N) is 1. The van der Waals surface area contributed by atoms with Gasteiger partial charge < -0.3 is 10.8 Å². The highest BCUT2D eigenvalue weighted by Crippen LogP contribution is 2.21. The van der Waals surface area contributed by atoms with Gasteiger partial charge in [0.2, 0.25) is 0 Å². The maximum Gasteiger partial charge on any atom is 0.324 e. The Bertz CT molecular complexity index is 293. The summed E-state index contributed by atoms with van der Waals surface area (Å²) in [5.41, 5.74) is 4.69. The van der Waals surface area contributed by atoms with Crippen LogP contribution in [0.3, 0.4) is 0 Å². The van der Waals surface area contributed by atoms with E-state index in [4.69, 9.17) is 10.8 Å². The molecule has 2 unspecified atom stereocenters. The zero-order valence-electron chi connectivity index (χ0n) is 10.6. The van der Waals surface area contributed by atoms with Crippen LogP contribution in [0, 0.1) is 0 Å². The van der Waals surface area contributed by atoms with Crippen molar-refractivity contribution in [3.8, 4) is 0 Å². The lowest BCUT2D eigenvalue weighted by atomic mass is 10.0. The molecular weight excluding hydrogens is 218 g/mol. The molecular formula is C12H23N3O2. The van der Waals surface area contributed by atoms with Crippen LogP contribution in [0.4, 0.5) is 0 Å². The van der Waals surface area contributed by atoms with Crippen LogP contribution in [-0.2, 0) is 4.79 Å². The first-order chi connectivity index (χ1) is 7.99. The fourth-order valence-electron chi connectivity index (χ4n) is 2.96. The van der Waals surface area contributed by atoms with Crippen LogP contribution in [0.25, 0.3) is 0 Å². The van der Waals surface area contributed by atoms with E-state index in [0.29, 0.717) is 12.6 Å². The Balaban J connectivity index is 1.95. The first-order valence-electron chi connectivity index (χ1n) is 6.48. The summed E-state index contributed by atoms with van der Waals surface area (Å²) >= 11 is 0. The summed E-state index contributed by atoms with van der Waals surface area (Å²) in [4.78, 5) is 15.8. The molecule has 17 heavy (non-hydrogen) atoms. The number of carbonyl (C=O) groups is 1. The van der Waals surface area contributed by atoms with E-state index in [2.05, 4.69) is 9.80 Å². The number of rotatable bonds is 3. The standard InChI is InChI=1S/C12H23N3O2/c1-12(13,11(16)17)9-14-5-3-7-15-6-2-4-10(15)8-14/h10H,2-9,13H2,1H3,(H,16,17). The number of carboxylic acids is 1. The third kappa shape index (κ3) is 2.97. The number of fused-ring (bicyclic) bond motifs is 1. The van der Waals surface area contributed by atoms with Gasteiger partial charge in [-0.15, -0.1) is 0 Å². The topological polar surface area (TPSA) is 69.8 Å². The predicted molar refractivity (Wildman–Crippen MR) is 65.9 cm³/mol. The SMILES string of the molecule is CC(N)(CN1CCCN2CCCC2C1)C(=O)O. The Morgan fingerprint density at radius 1 is 1.41 bits per heavy atom. The molecule has 0 radical (unpaired) electrons. The molecule has 98 valence electrons. The van der Waals surface area contributed by atoms with Crippen molar-refractivity contribution in [2.24, 2.45) is 5.73 Å². The number of hydrogen-bond acceptors (Lipinski definition) is 4. The predicted octanol–water partition coefficient (Wildman–Crippen LogP) is -0.0415. The molecule has 2 rings (SSSR count). The molecule has 0 aromatic heterocycles. The van der Waals surface area contributed by atoms with Crippen LogP contribution in [0.1, 0.15) is 26.2 Å². The minimum atomic E-state index is -1.13. The Morgan fingerprint density at radius 2 is 2.12 bits per heavy atom. The van der Waals surface area contributed by atoms with Crippen molar-refractivity contribution in [1.82, 2.24) is 9.80 Å². The smallest absolute Gasteiger partial charge is 0.324 e. The average Bonchev–Trinajstić information content (AvgIpc) is 2.57. The second-order valence-corrected chi connectivity index (χ2v) is 5.64. The van der Waals surface area contributed by atoms with Crippen molar-refractivity contribution in [3.05, 3.63) is 0 Å². The maximum atomic E-state index is 11.0. The molecule has 3 N–H and O–H groups in total. The number of carboxylic acid groups (broad SMARTS) is 1. The van der Waals surface area contributed by atoms with Crippen molar-refractivity contribution < 1.29 is 9.90 Å². The maximum absolute atomic E-state index is 11.0. The quantitative estimate of drug-likeness (QED) is 0.725. The van der Waals surface area contributed by atoms with Gasteiger partial charge in [0, 0.05) is 19.1 Å². The van der Waals surface area contributed by atoms with E-state index in [1.807, 2.05) is 0 Å². The molecule has 0 spiro atoms. The molecule has 2 aliphatic rings. The molecule has 5 nitrogen and oxygen atoms in total. The van der Waals surface area contributed by atoms with Gasteiger partial charge in [0.1, 0.15) is 5.54 Å². The zero-order valence-corrected chi connectivity index (χ0v) is 10.6. The summed E-state index contributed by atoms with van der Waals surface area (Å²) in [5, 5.41) is 9.07. The van der Waals surface area contributed by atoms with Crippen molar-refractivity contribution in [1.29, 1.82) is 0 Å². The Kier molecular flexibility index (Phi) is 3.70. The molecule has 5 heteroatoms. The van der Waals surface area contributed by atoms with Gasteiger partial charge in [0.05, 0.1) is 0 Å². The molecule has 0 amide bonds. The van der Waals surface area contributed by atoms with E-state index in [0.717, 1.165) is 26.1 Å². The van der Waals surface area contributed by atoms with E-state index in [1.54, 1.807) is 6.92 Å². The van der Waals surface area contributed by atoms with Gasteiger partial charge >= 0.3 is 5.97 Å². The van der Waals surface area contributed by atoms with Gasteiger partial charge in [-0.25, -0.2) is 0 Å². The molecule has 2 fully saturated rings. The van der Waals surface area contributed by atoms with Crippen molar-refractivity contribution in [3.63, 3.8) is 0 Å². The summed E-state index contributed by atoms with van der Waals surface area (Å²) in [6.07, 6.45) is 3.63. The molecule has 0 aliphatic carbocycles. The van der Waals surface area contributed by atoms with Crippen molar-refractivity contribution >= 4 is 5.97 Å². The van der Waals surface area contributed by atoms with E-state index in [9.17, 15) is 4.79 Å². The minimum absolute atomic E-state index is 0.451. The van der Waals surface area contributed by atoms with Crippen LogP contribution >= 0.6 is 0 Å². The third-order valence-electron chi connectivity index (χ3n) is 3.93. The summed E-state index contributed by atoms with van der Waals surface area (Å²) in [5.74, 6) is -0.912. The van der Waals surface area contributed by atoms with Crippen LogP contribution < -0.4 is 5.73 Å². The minimum Gasteiger partial charge on any atom is -0.480 e. The second-order valence-electron chi connectivity index (χ2n) is 5.64. The molecule has 2 aliphatic heterocycles. The van der Waals surface area contributed by atoms with Crippen LogP contribution in [-0.4, -0.2) is 65.2 Å². The largest absolute Gasteiger partial charge is 0.480 e. The summed E-state index contributed by atoms with van der Waals surface area (Å²) in [7, 11) is 0. The summed E-state index contributed by atoms with van der Waals surface area (Å²) in [6.45, 7) is 6.35. The summed E-state index contributed by atoms with van der Waals surface area (Å²) < 4.78 is 0. The van der Waals surface area contributed by atoms with E-state index < -0.39 is 11.5 Å². The molecule has 0 aromatic rings. The first-order valence-corrected chi connectivity index (χ1v) is 6.48. The van der Waals surface area contributed by atoms with E-state index in [1.165, 1.54) is 19.4 Å². The Morgan fingerprint density at radius 3 is 2.82 bits per heavy atom. The number of aliphatic carboxylic acids is 1. The second kappa shape index (κ2) is 4.92. The van der Waals surface area contributed by atoms with Gasteiger partial charge in [0.25, 0.3) is 0 Å². The summed E-state index contributed by atoms with van der Waals surface area (Å²) in [6, 6.07) is 0.613. The Hall–Kier alpha value is -0.650. The van der Waals surface area contributed by atoms with Crippen LogP contribution in [0.5, 0.6) is 0 Å². The highest BCUT2D eigenvalue weighted by molar-refractivity contribution is 5.78. The van der Waals surface area contributed by atoms with Crippen molar-refractivity contribution in [2.45, 2.75) is 37.8 Å². The van der Waals surface area contributed by atoms with E-state index >= 15 is 0 Å². The number of hydrogen-bond donors (Lipinski definition) is 2. The third-order valence-corrected chi connectivity index (χ3v) is 3.93. The normalized spacial score (nSPS) is 30.6. The lowest BCUT2D eigenvalue weighted by molar-refractivity contribution is -0.143. The molecule has 2 heterocycles. The van der Waals surface area contributed by atoms with Gasteiger partial charge in [-0.05, 0) is 45.8 Å². The van der Waals surface area contributed by atoms with Gasteiger partial charge in [0.15, 0.2) is 0 Å². The highest BCUT2D eigenvalue weighted by atomic mass is 16.4. The molecule has 2 saturated heterocycles. The first kappa shape index (κ1) is 12.8. The van der Waals surface area contributed by atoms with Crippen LogP contribution in [0.2, 0.25) is 0 Å². The molecule has 2 atom stereocenters. The van der Waals surface area contributed by atoms with Gasteiger partial charge in [-0.1, -0.05) is 0 Å².